The Morgan fingerprint density at radius 2 is 2.05 bits per heavy atom. The average Bonchev–Trinajstić information content (AvgIpc) is 2.37. The molecule has 1 aromatic rings. The van der Waals surface area contributed by atoms with Crippen molar-refractivity contribution in [3.8, 4) is 11.5 Å². The second kappa shape index (κ2) is 5.31. The molecule has 1 aromatic carbocycles. The molecule has 104 valence electrons. The summed E-state index contributed by atoms with van der Waals surface area (Å²) in [6, 6.07) is 4.03. The van der Waals surface area contributed by atoms with E-state index in [1.165, 1.54) is 0 Å². The highest BCUT2D eigenvalue weighted by molar-refractivity contribution is 9.10. The minimum atomic E-state index is -0.481. The molecule has 19 heavy (non-hydrogen) atoms. The van der Waals surface area contributed by atoms with Crippen molar-refractivity contribution in [2.75, 3.05) is 19.8 Å². The predicted molar refractivity (Wildman–Crippen MR) is 75.6 cm³/mol. The molecule has 1 fully saturated rings. The van der Waals surface area contributed by atoms with Crippen LogP contribution in [0, 0.1) is 0 Å². The number of rotatable bonds is 4. The van der Waals surface area contributed by atoms with E-state index in [1.54, 1.807) is 0 Å². The maximum atomic E-state index is 10.0. The van der Waals surface area contributed by atoms with E-state index in [9.17, 15) is 5.11 Å². The Morgan fingerprint density at radius 1 is 1.26 bits per heavy atom. The molecule has 0 amide bonds. The number of nitrogens with one attached hydrogen (secondary N) is 1. The highest BCUT2D eigenvalue weighted by Crippen LogP contribution is 2.38. The lowest BCUT2D eigenvalue weighted by atomic mass is 9.80. The molecule has 1 aliphatic carbocycles. The van der Waals surface area contributed by atoms with Gasteiger partial charge in [-0.25, -0.2) is 0 Å². The van der Waals surface area contributed by atoms with E-state index in [-0.39, 0.29) is 0 Å². The van der Waals surface area contributed by atoms with Gasteiger partial charge in [0, 0.05) is 13.1 Å². The highest BCUT2D eigenvalue weighted by Gasteiger charge is 2.33. The zero-order valence-corrected chi connectivity index (χ0v) is 12.3. The molecule has 1 saturated carbocycles. The molecule has 4 nitrogen and oxygen atoms in total. The third-order valence-electron chi connectivity index (χ3n) is 3.72. The second-order valence-corrected chi connectivity index (χ2v) is 6.14. The van der Waals surface area contributed by atoms with E-state index in [4.69, 9.17) is 9.47 Å². The highest BCUT2D eigenvalue weighted by atomic mass is 79.9. The number of hydrogen-bond donors (Lipinski definition) is 2. The van der Waals surface area contributed by atoms with Crippen LogP contribution in [-0.4, -0.2) is 30.5 Å². The molecule has 0 bridgehead atoms. The van der Waals surface area contributed by atoms with Gasteiger partial charge in [-0.1, -0.05) is 0 Å². The summed E-state index contributed by atoms with van der Waals surface area (Å²) in [6.07, 6.45) is 2.95. The average molecular weight is 328 g/mol. The molecular formula is C14H18BrNO3. The van der Waals surface area contributed by atoms with Gasteiger partial charge in [-0.05, 0) is 52.9 Å². The Kier molecular flexibility index (Phi) is 3.69. The van der Waals surface area contributed by atoms with E-state index >= 15 is 0 Å². The summed E-state index contributed by atoms with van der Waals surface area (Å²) < 4.78 is 12.1. The van der Waals surface area contributed by atoms with Crippen molar-refractivity contribution >= 4 is 15.9 Å². The summed E-state index contributed by atoms with van der Waals surface area (Å²) in [5.74, 6) is 1.58. The molecule has 0 aromatic heterocycles. The third kappa shape index (κ3) is 2.88. The Bertz CT molecular complexity index is 474. The minimum Gasteiger partial charge on any atom is -0.486 e. The van der Waals surface area contributed by atoms with Crippen molar-refractivity contribution in [1.82, 2.24) is 5.32 Å². The van der Waals surface area contributed by atoms with Crippen molar-refractivity contribution in [3.63, 3.8) is 0 Å². The molecule has 0 atom stereocenters. The lowest BCUT2D eigenvalue weighted by Gasteiger charge is -2.36. The molecule has 2 N–H and O–H groups in total. The first-order valence-electron chi connectivity index (χ1n) is 6.67. The molecule has 0 radical (unpaired) electrons. The summed E-state index contributed by atoms with van der Waals surface area (Å²) in [4.78, 5) is 0. The van der Waals surface area contributed by atoms with Crippen molar-refractivity contribution in [1.29, 1.82) is 0 Å². The number of aliphatic hydroxyl groups is 1. The molecule has 5 heteroatoms. The van der Waals surface area contributed by atoms with E-state index < -0.39 is 5.60 Å². The second-order valence-electron chi connectivity index (χ2n) is 5.28. The lowest BCUT2D eigenvalue weighted by molar-refractivity contribution is -0.0314. The molecule has 2 aliphatic rings. The van der Waals surface area contributed by atoms with Crippen molar-refractivity contribution in [2.24, 2.45) is 0 Å². The van der Waals surface area contributed by atoms with Gasteiger partial charge in [0.15, 0.2) is 11.5 Å². The number of fused-ring (bicyclic) bond motifs is 1. The van der Waals surface area contributed by atoms with Crippen LogP contribution in [0.5, 0.6) is 11.5 Å². The lowest BCUT2D eigenvalue weighted by Crippen LogP contribution is -2.45. The summed E-state index contributed by atoms with van der Waals surface area (Å²) in [5, 5.41) is 13.3. The first kappa shape index (κ1) is 13.2. The Labute approximate surface area is 121 Å². The Hall–Kier alpha value is -0.780. The summed E-state index contributed by atoms with van der Waals surface area (Å²) in [7, 11) is 0. The van der Waals surface area contributed by atoms with E-state index in [0.29, 0.717) is 19.8 Å². The van der Waals surface area contributed by atoms with Crippen LogP contribution in [-0.2, 0) is 6.54 Å². The van der Waals surface area contributed by atoms with Gasteiger partial charge in [0.2, 0.25) is 0 Å². The zero-order chi connectivity index (χ0) is 13.3. The summed E-state index contributed by atoms with van der Waals surface area (Å²) in [5.41, 5.74) is 0.643. The van der Waals surface area contributed by atoms with Crippen LogP contribution in [0.15, 0.2) is 16.6 Å². The quantitative estimate of drug-likeness (QED) is 0.890. The van der Waals surface area contributed by atoms with Gasteiger partial charge in [0.1, 0.15) is 13.2 Å². The normalized spacial score (nSPS) is 19.9. The Balaban J connectivity index is 1.63. The van der Waals surface area contributed by atoms with Gasteiger partial charge in [-0.15, -0.1) is 0 Å². The summed E-state index contributed by atoms with van der Waals surface area (Å²) >= 11 is 3.51. The van der Waals surface area contributed by atoms with Gasteiger partial charge < -0.3 is 19.9 Å². The van der Waals surface area contributed by atoms with Gasteiger partial charge in [0.05, 0.1) is 10.1 Å². The Morgan fingerprint density at radius 3 is 2.79 bits per heavy atom. The first-order chi connectivity index (χ1) is 9.16. The topological polar surface area (TPSA) is 50.7 Å². The van der Waals surface area contributed by atoms with Crippen LogP contribution in [0.1, 0.15) is 24.8 Å². The van der Waals surface area contributed by atoms with Crippen LogP contribution < -0.4 is 14.8 Å². The number of halogens is 1. The van der Waals surface area contributed by atoms with Crippen LogP contribution >= 0.6 is 15.9 Å². The van der Waals surface area contributed by atoms with Crippen LogP contribution in [0.25, 0.3) is 0 Å². The number of ether oxygens (including phenoxy) is 2. The molecule has 1 heterocycles. The molecule has 3 rings (SSSR count). The van der Waals surface area contributed by atoms with Crippen molar-refractivity contribution in [2.45, 2.75) is 31.4 Å². The SMILES string of the molecule is OC1(CNCc2cc(Br)c3c(c2)OCCO3)CCC1. The maximum absolute atomic E-state index is 10.0. The van der Waals surface area contributed by atoms with Crippen molar-refractivity contribution in [3.05, 3.63) is 22.2 Å². The van der Waals surface area contributed by atoms with E-state index in [2.05, 4.69) is 21.2 Å². The minimum absolute atomic E-state index is 0.481. The molecule has 1 aliphatic heterocycles. The van der Waals surface area contributed by atoms with Crippen LogP contribution in [0.2, 0.25) is 0 Å². The predicted octanol–water partition coefficient (Wildman–Crippen LogP) is 2.22. The standard InChI is InChI=1S/C14H18BrNO3/c15-11-6-10(7-12-13(11)19-5-4-18-12)8-16-9-14(17)2-1-3-14/h6-7,16-17H,1-5,8-9H2. The van der Waals surface area contributed by atoms with E-state index in [1.807, 2.05) is 12.1 Å². The zero-order valence-electron chi connectivity index (χ0n) is 10.7. The van der Waals surface area contributed by atoms with E-state index in [0.717, 1.165) is 47.3 Å². The molecule has 0 saturated heterocycles. The fourth-order valence-electron chi connectivity index (χ4n) is 2.47. The van der Waals surface area contributed by atoms with Gasteiger partial charge in [0.25, 0.3) is 0 Å². The monoisotopic (exact) mass is 327 g/mol. The van der Waals surface area contributed by atoms with Crippen LogP contribution in [0.4, 0.5) is 0 Å². The van der Waals surface area contributed by atoms with Crippen molar-refractivity contribution < 1.29 is 14.6 Å². The fourth-order valence-corrected chi connectivity index (χ4v) is 3.07. The van der Waals surface area contributed by atoms with Crippen LogP contribution in [0.3, 0.4) is 0 Å². The third-order valence-corrected chi connectivity index (χ3v) is 4.31. The fraction of sp³-hybridized carbons (Fsp3) is 0.571. The largest absolute Gasteiger partial charge is 0.486 e. The van der Waals surface area contributed by atoms with Gasteiger partial charge in [-0.2, -0.15) is 0 Å². The smallest absolute Gasteiger partial charge is 0.175 e. The van der Waals surface area contributed by atoms with Gasteiger partial charge in [-0.3, -0.25) is 0 Å². The molecule has 0 unspecified atom stereocenters. The molecule has 0 spiro atoms. The maximum Gasteiger partial charge on any atom is 0.175 e. The number of benzene rings is 1. The molecular weight excluding hydrogens is 310 g/mol. The van der Waals surface area contributed by atoms with Gasteiger partial charge >= 0.3 is 0 Å². The first-order valence-corrected chi connectivity index (χ1v) is 7.47. The summed E-state index contributed by atoms with van der Waals surface area (Å²) in [6.45, 7) is 2.56. The number of hydrogen-bond acceptors (Lipinski definition) is 4.